The van der Waals surface area contributed by atoms with Gasteiger partial charge in [0.25, 0.3) is 0 Å². The van der Waals surface area contributed by atoms with Crippen LogP contribution in [0.15, 0.2) is 22.7 Å². The highest BCUT2D eigenvalue weighted by molar-refractivity contribution is 9.10. The quantitative estimate of drug-likeness (QED) is 0.877. The molecule has 14 heavy (non-hydrogen) atoms. The minimum Gasteiger partial charge on any atom is -0.497 e. The molecule has 76 valence electrons. The van der Waals surface area contributed by atoms with Gasteiger partial charge in [-0.1, -0.05) is 22.0 Å². The number of methoxy groups -OCH3 is 1. The molecule has 2 nitrogen and oxygen atoms in total. The second-order valence-electron chi connectivity index (χ2n) is 3.58. The van der Waals surface area contributed by atoms with Crippen molar-refractivity contribution in [1.29, 1.82) is 0 Å². The average Bonchev–Trinajstić information content (AvgIpc) is 2.70. The Bertz CT molecular complexity index is 321. The van der Waals surface area contributed by atoms with Crippen LogP contribution in [-0.2, 0) is 0 Å². The summed E-state index contributed by atoms with van der Waals surface area (Å²) < 4.78 is 6.32. The average molecular weight is 256 g/mol. The minimum atomic E-state index is 0.648. The predicted octanol–water partition coefficient (Wildman–Crippen LogP) is 2.53. The minimum absolute atomic E-state index is 0.648. The predicted molar refractivity (Wildman–Crippen MR) is 60.9 cm³/mol. The number of ether oxygens (including phenoxy) is 1. The fourth-order valence-electron chi connectivity index (χ4n) is 1.89. The van der Waals surface area contributed by atoms with Crippen molar-refractivity contribution in [3.63, 3.8) is 0 Å². The first-order valence-corrected chi connectivity index (χ1v) is 5.64. The fraction of sp³-hybridized carbons (Fsp3) is 0.455. The third kappa shape index (κ3) is 1.93. The summed E-state index contributed by atoms with van der Waals surface area (Å²) in [5.41, 5.74) is 1.39. The van der Waals surface area contributed by atoms with E-state index < -0.39 is 0 Å². The maximum atomic E-state index is 5.17. The van der Waals surface area contributed by atoms with E-state index in [0.717, 1.165) is 23.3 Å². The lowest BCUT2D eigenvalue weighted by atomic mass is 9.98. The van der Waals surface area contributed by atoms with Gasteiger partial charge in [0, 0.05) is 11.0 Å². The van der Waals surface area contributed by atoms with E-state index in [1.165, 1.54) is 12.0 Å². The van der Waals surface area contributed by atoms with Gasteiger partial charge in [-0.25, -0.2) is 0 Å². The maximum absolute atomic E-state index is 5.17. The van der Waals surface area contributed by atoms with Crippen molar-refractivity contribution < 1.29 is 4.74 Å². The molecule has 1 aromatic rings. The Labute approximate surface area is 92.8 Å². The molecule has 0 unspecified atom stereocenters. The van der Waals surface area contributed by atoms with Crippen LogP contribution in [0.1, 0.15) is 17.9 Å². The maximum Gasteiger partial charge on any atom is 0.120 e. The summed E-state index contributed by atoms with van der Waals surface area (Å²) in [6, 6.07) is 6.21. The molecule has 0 amide bonds. The summed E-state index contributed by atoms with van der Waals surface area (Å²) in [6.45, 7) is 2.22. The number of hydrogen-bond acceptors (Lipinski definition) is 2. The second kappa shape index (κ2) is 4.32. The highest BCUT2D eigenvalue weighted by Gasteiger charge is 2.18. The van der Waals surface area contributed by atoms with Crippen LogP contribution in [0.2, 0.25) is 0 Å². The van der Waals surface area contributed by atoms with E-state index in [2.05, 4.69) is 27.3 Å². The molecule has 1 aliphatic heterocycles. The van der Waals surface area contributed by atoms with E-state index >= 15 is 0 Å². The largest absolute Gasteiger partial charge is 0.497 e. The molecule has 1 atom stereocenters. The molecule has 0 radical (unpaired) electrons. The van der Waals surface area contributed by atoms with Gasteiger partial charge in [-0.15, -0.1) is 0 Å². The molecule has 1 fully saturated rings. The molecule has 0 aromatic heterocycles. The van der Waals surface area contributed by atoms with Crippen molar-refractivity contribution in [2.75, 3.05) is 20.2 Å². The molecular formula is C11H14BrNO. The van der Waals surface area contributed by atoms with Crippen LogP contribution in [0.4, 0.5) is 0 Å². The highest BCUT2D eigenvalue weighted by Crippen LogP contribution is 2.31. The van der Waals surface area contributed by atoms with Crippen LogP contribution in [0.5, 0.6) is 5.75 Å². The van der Waals surface area contributed by atoms with Crippen molar-refractivity contribution in [2.45, 2.75) is 12.3 Å². The van der Waals surface area contributed by atoms with Gasteiger partial charge in [-0.3, -0.25) is 0 Å². The molecule has 1 saturated heterocycles. The standard InChI is InChI=1S/C11H14BrNO/c1-14-9-2-3-10(11(12)6-9)8-4-5-13-7-8/h2-3,6,8,13H,4-5,7H2,1H3/t8-/m1/s1. The van der Waals surface area contributed by atoms with Gasteiger partial charge in [0.15, 0.2) is 0 Å². The van der Waals surface area contributed by atoms with Crippen molar-refractivity contribution in [3.8, 4) is 5.75 Å². The molecule has 0 bridgehead atoms. The van der Waals surface area contributed by atoms with Crippen LogP contribution in [-0.4, -0.2) is 20.2 Å². The number of hydrogen-bond donors (Lipinski definition) is 1. The van der Waals surface area contributed by atoms with Gasteiger partial charge < -0.3 is 10.1 Å². The Morgan fingerprint density at radius 3 is 2.93 bits per heavy atom. The normalized spacial score (nSPS) is 21.1. The number of rotatable bonds is 2. The van der Waals surface area contributed by atoms with E-state index in [4.69, 9.17) is 4.74 Å². The van der Waals surface area contributed by atoms with Gasteiger partial charge >= 0.3 is 0 Å². The molecule has 1 aromatic carbocycles. The molecule has 3 heteroatoms. The molecule has 0 spiro atoms. The lowest BCUT2D eigenvalue weighted by Gasteiger charge is -2.12. The van der Waals surface area contributed by atoms with Crippen LogP contribution in [0.25, 0.3) is 0 Å². The summed E-state index contributed by atoms with van der Waals surface area (Å²) in [5, 5.41) is 3.37. The lowest BCUT2D eigenvalue weighted by molar-refractivity contribution is 0.414. The number of halogens is 1. The van der Waals surface area contributed by atoms with Crippen molar-refractivity contribution in [3.05, 3.63) is 28.2 Å². The smallest absolute Gasteiger partial charge is 0.120 e. The Morgan fingerprint density at radius 2 is 2.36 bits per heavy atom. The molecular weight excluding hydrogens is 242 g/mol. The summed E-state index contributed by atoms with van der Waals surface area (Å²) in [4.78, 5) is 0. The fourth-order valence-corrected chi connectivity index (χ4v) is 2.57. The van der Waals surface area contributed by atoms with Crippen LogP contribution < -0.4 is 10.1 Å². The first-order chi connectivity index (χ1) is 6.81. The molecule has 2 rings (SSSR count). The summed E-state index contributed by atoms with van der Waals surface area (Å²) in [6.07, 6.45) is 1.23. The van der Waals surface area contributed by atoms with Crippen LogP contribution in [0.3, 0.4) is 0 Å². The van der Waals surface area contributed by atoms with Gasteiger partial charge in [-0.2, -0.15) is 0 Å². The summed E-state index contributed by atoms with van der Waals surface area (Å²) in [7, 11) is 1.69. The zero-order chi connectivity index (χ0) is 9.97. The molecule has 1 aliphatic rings. The number of nitrogens with one attached hydrogen (secondary N) is 1. The van der Waals surface area contributed by atoms with Gasteiger partial charge in [0.1, 0.15) is 5.75 Å². The summed E-state index contributed by atoms with van der Waals surface area (Å²) in [5.74, 6) is 1.56. The zero-order valence-electron chi connectivity index (χ0n) is 8.22. The first-order valence-electron chi connectivity index (χ1n) is 4.85. The van der Waals surface area contributed by atoms with Gasteiger partial charge in [-0.05, 0) is 36.6 Å². The van der Waals surface area contributed by atoms with E-state index in [0.29, 0.717) is 5.92 Å². The van der Waals surface area contributed by atoms with Crippen molar-refractivity contribution >= 4 is 15.9 Å². The molecule has 0 aliphatic carbocycles. The van der Waals surface area contributed by atoms with E-state index in [1.807, 2.05) is 12.1 Å². The van der Waals surface area contributed by atoms with Crippen LogP contribution >= 0.6 is 15.9 Å². The second-order valence-corrected chi connectivity index (χ2v) is 4.43. The van der Waals surface area contributed by atoms with Crippen LogP contribution in [0, 0.1) is 0 Å². The SMILES string of the molecule is COc1ccc([C@@H]2CCNC2)c(Br)c1. The monoisotopic (exact) mass is 255 g/mol. The third-order valence-corrected chi connectivity index (χ3v) is 3.39. The zero-order valence-corrected chi connectivity index (χ0v) is 9.80. The third-order valence-electron chi connectivity index (χ3n) is 2.71. The Kier molecular flexibility index (Phi) is 3.08. The van der Waals surface area contributed by atoms with Crippen molar-refractivity contribution in [1.82, 2.24) is 5.32 Å². The Hall–Kier alpha value is -0.540. The summed E-state index contributed by atoms with van der Waals surface area (Å²) >= 11 is 3.59. The lowest BCUT2D eigenvalue weighted by Crippen LogP contribution is -2.08. The van der Waals surface area contributed by atoms with E-state index in [9.17, 15) is 0 Å². The molecule has 1 N–H and O–H groups in total. The highest BCUT2D eigenvalue weighted by atomic mass is 79.9. The molecule has 0 saturated carbocycles. The van der Waals surface area contributed by atoms with Gasteiger partial charge in [0.05, 0.1) is 7.11 Å². The Morgan fingerprint density at radius 1 is 1.50 bits per heavy atom. The topological polar surface area (TPSA) is 21.3 Å². The Balaban J connectivity index is 2.25. The van der Waals surface area contributed by atoms with Crippen molar-refractivity contribution in [2.24, 2.45) is 0 Å². The van der Waals surface area contributed by atoms with E-state index in [1.54, 1.807) is 7.11 Å². The van der Waals surface area contributed by atoms with Gasteiger partial charge in [0.2, 0.25) is 0 Å². The number of benzene rings is 1. The van der Waals surface area contributed by atoms with E-state index in [-0.39, 0.29) is 0 Å². The first kappa shape index (κ1) is 9.99. The molecule has 1 heterocycles.